The van der Waals surface area contributed by atoms with Crippen LogP contribution in [0.3, 0.4) is 0 Å². The molecule has 0 aliphatic heterocycles. The molecular formula is C14H14F2N4O2. The van der Waals surface area contributed by atoms with Crippen molar-refractivity contribution in [1.82, 2.24) is 15.5 Å². The minimum absolute atomic E-state index is 0.134. The van der Waals surface area contributed by atoms with Gasteiger partial charge in [0.05, 0.1) is 0 Å². The predicted octanol–water partition coefficient (Wildman–Crippen LogP) is 2.27. The van der Waals surface area contributed by atoms with Gasteiger partial charge in [-0.3, -0.25) is 14.7 Å². The topological polar surface area (TPSA) is 86.9 Å². The largest absolute Gasteiger partial charge is 0.355 e. The van der Waals surface area contributed by atoms with Crippen LogP contribution in [-0.2, 0) is 0 Å². The van der Waals surface area contributed by atoms with Gasteiger partial charge in [-0.25, -0.2) is 8.78 Å². The number of rotatable bonds is 4. The lowest BCUT2D eigenvalue weighted by atomic mass is 10.1. The van der Waals surface area contributed by atoms with Gasteiger partial charge in [0.15, 0.2) is 5.69 Å². The van der Waals surface area contributed by atoms with E-state index in [2.05, 4.69) is 20.8 Å². The molecular weight excluding hydrogens is 294 g/mol. The second-order valence-corrected chi connectivity index (χ2v) is 4.57. The molecule has 0 fully saturated rings. The minimum Gasteiger partial charge on any atom is -0.355 e. The van der Waals surface area contributed by atoms with Gasteiger partial charge in [-0.05, 0) is 36.8 Å². The first-order valence-corrected chi connectivity index (χ1v) is 6.40. The highest BCUT2D eigenvalue weighted by atomic mass is 19.3. The molecule has 0 bridgehead atoms. The lowest BCUT2D eigenvalue weighted by molar-refractivity contribution is 0.0962. The number of carbonyl (C=O) groups is 2. The van der Waals surface area contributed by atoms with Crippen molar-refractivity contribution in [2.75, 3.05) is 12.4 Å². The molecule has 6 nitrogen and oxygen atoms in total. The van der Waals surface area contributed by atoms with E-state index >= 15 is 0 Å². The highest BCUT2D eigenvalue weighted by Gasteiger charge is 2.16. The number of anilines is 1. The summed E-state index contributed by atoms with van der Waals surface area (Å²) in [5.74, 6) is -0.853. The number of alkyl halides is 2. The van der Waals surface area contributed by atoms with Crippen molar-refractivity contribution in [2.45, 2.75) is 13.3 Å². The quantitative estimate of drug-likeness (QED) is 0.809. The Labute approximate surface area is 124 Å². The van der Waals surface area contributed by atoms with Crippen molar-refractivity contribution >= 4 is 17.5 Å². The van der Waals surface area contributed by atoms with E-state index in [9.17, 15) is 18.4 Å². The number of amides is 2. The third-order valence-electron chi connectivity index (χ3n) is 3.03. The van der Waals surface area contributed by atoms with Crippen LogP contribution in [0.15, 0.2) is 24.3 Å². The molecule has 0 saturated carbocycles. The third kappa shape index (κ3) is 3.27. The lowest BCUT2D eigenvalue weighted by Gasteiger charge is -2.08. The zero-order valence-corrected chi connectivity index (χ0v) is 11.9. The Balaban J connectivity index is 2.16. The molecule has 1 heterocycles. The number of aromatic nitrogens is 2. The summed E-state index contributed by atoms with van der Waals surface area (Å²) >= 11 is 0. The zero-order valence-electron chi connectivity index (χ0n) is 11.9. The van der Waals surface area contributed by atoms with Crippen molar-refractivity contribution in [3.63, 3.8) is 0 Å². The van der Waals surface area contributed by atoms with Crippen LogP contribution in [-0.4, -0.2) is 29.1 Å². The maximum Gasteiger partial charge on any atom is 0.279 e. The van der Waals surface area contributed by atoms with Gasteiger partial charge in [-0.2, -0.15) is 5.10 Å². The fraction of sp³-hybridized carbons (Fsp3) is 0.214. The van der Waals surface area contributed by atoms with E-state index in [4.69, 9.17) is 0 Å². The van der Waals surface area contributed by atoms with E-state index in [0.29, 0.717) is 16.8 Å². The highest BCUT2D eigenvalue weighted by Crippen LogP contribution is 2.19. The molecule has 0 aliphatic rings. The standard InChI is InChI=1S/C14H14F2N4O2/c1-7-5-8(13(21)17-2)3-4-9(7)18-14(22)11-6-10(12(15)16)19-20-11/h3-6,12H,1-2H3,(H,17,21)(H,18,22)(H,19,20). The molecule has 0 atom stereocenters. The number of H-pyrrole nitrogens is 1. The van der Waals surface area contributed by atoms with Crippen LogP contribution in [0.2, 0.25) is 0 Å². The van der Waals surface area contributed by atoms with Crippen LogP contribution in [0.25, 0.3) is 0 Å². The van der Waals surface area contributed by atoms with Gasteiger partial charge in [-0.15, -0.1) is 0 Å². The molecule has 2 amide bonds. The van der Waals surface area contributed by atoms with E-state index in [0.717, 1.165) is 6.07 Å². The highest BCUT2D eigenvalue weighted by molar-refractivity contribution is 6.03. The fourth-order valence-corrected chi connectivity index (χ4v) is 1.84. The second-order valence-electron chi connectivity index (χ2n) is 4.57. The Bertz CT molecular complexity index is 713. The molecule has 1 aromatic carbocycles. The van der Waals surface area contributed by atoms with Gasteiger partial charge in [0.1, 0.15) is 5.69 Å². The number of benzene rings is 1. The molecule has 2 aromatic rings. The van der Waals surface area contributed by atoms with Crippen LogP contribution >= 0.6 is 0 Å². The Kier molecular flexibility index (Phi) is 4.50. The SMILES string of the molecule is CNC(=O)c1ccc(NC(=O)c2cc(C(F)F)[nH]n2)c(C)c1. The van der Waals surface area contributed by atoms with Crippen molar-refractivity contribution < 1.29 is 18.4 Å². The Hall–Kier alpha value is -2.77. The van der Waals surface area contributed by atoms with Gasteiger partial charge in [0, 0.05) is 18.3 Å². The molecule has 2 rings (SSSR count). The molecule has 116 valence electrons. The fourth-order valence-electron chi connectivity index (χ4n) is 1.84. The first-order chi connectivity index (χ1) is 10.4. The predicted molar refractivity (Wildman–Crippen MR) is 76.1 cm³/mol. The number of carbonyl (C=O) groups excluding carboxylic acids is 2. The van der Waals surface area contributed by atoms with Crippen LogP contribution in [0.5, 0.6) is 0 Å². The van der Waals surface area contributed by atoms with Gasteiger partial charge < -0.3 is 10.6 Å². The van der Waals surface area contributed by atoms with Crippen molar-refractivity contribution in [2.24, 2.45) is 0 Å². The van der Waals surface area contributed by atoms with Gasteiger partial charge in [0.2, 0.25) is 0 Å². The average molecular weight is 308 g/mol. The Morgan fingerprint density at radius 2 is 1.95 bits per heavy atom. The van der Waals surface area contributed by atoms with Gasteiger partial charge >= 0.3 is 0 Å². The first kappa shape index (κ1) is 15.6. The second kappa shape index (κ2) is 6.33. The normalized spacial score (nSPS) is 10.6. The molecule has 3 N–H and O–H groups in total. The molecule has 8 heteroatoms. The maximum atomic E-state index is 12.4. The zero-order chi connectivity index (χ0) is 16.3. The maximum absolute atomic E-state index is 12.4. The summed E-state index contributed by atoms with van der Waals surface area (Å²) in [5, 5.41) is 10.7. The Morgan fingerprint density at radius 1 is 1.23 bits per heavy atom. The first-order valence-electron chi connectivity index (χ1n) is 6.40. The molecule has 1 aromatic heterocycles. The summed E-state index contributed by atoms with van der Waals surface area (Å²) < 4.78 is 24.9. The summed E-state index contributed by atoms with van der Waals surface area (Å²) in [5.41, 5.74) is 1.04. The summed E-state index contributed by atoms with van der Waals surface area (Å²) in [6, 6.07) is 5.73. The van der Waals surface area contributed by atoms with Crippen LogP contribution < -0.4 is 10.6 Å². The summed E-state index contributed by atoms with van der Waals surface area (Å²) in [6.45, 7) is 1.72. The van der Waals surface area contributed by atoms with Crippen LogP contribution in [0, 0.1) is 6.92 Å². The monoisotopic (exact) mass is 308 g/mol. The Morgan fingerprint density at radius 3 is 2.50 bits per heavy atom. The van der Waals surface area contributed by atoms with Crippen LogP contribution in [0.4, 0.5) is 14.5 Å². The number of halogens is 2. The number of hydrogen-bond donors (Lipinski definition) is 3. The molecule has 0 radical (unpaired) electrons. The number of nitrogens with zero attached hydrogens (tertiary/aromatic N) is 1. The van der Waals surface area contributed by atoms with Crippen molar-refractivity contribution in [1.29, 1.82) is 0 Å². The average Bonchev–Trinajstić information content (AvgIpc) is 2.98. The van der Waals surface area contributed by atoms with Gasteiger partial charge in [0.25, 0.3) is 18.2 Å². The molecule has 22 heavy (non-hydrogen) atoms. The smallest absolute Gasteiger partial charge is 0.279 e. The van der Waals surface area contributed by atoms with Gasteiger partial charge in [-0.1, -0.05) is 0 Å². The minimum atomic E-state index is -2.72. The van der Waals surface area contributed by atoms with Crippen LogP contribution in [0.1, 0.15) is 38.5 Å². The number of nitrogens with one attached hydrogen (secondary N) is 3. The van der Waals surface area contributed by atoms with Crippen molar-refractivity contribution in [3.8, 4) is 0 Å². The van der Waals surface area contributed by atoms with E-state index in [1.807, 2.05) is 0 Å². The lowest BCUT2D eigenvalue weighted by Crippen LogP contribution is -2.18. The van der Waals surface area contributed by atoms with E-state index in [-0.39, 0.29) is 11.6 Å². The number of aromatic amines is 1. The molecule has 0 saturated heterocycles. The summed E-state index contributed by atoms with van der Waals surface area (Å²) in [4.78, 5) is 23.5. The number of hydrogen-bond acceptors (Lipinski definition) is 3. The number of aryl methyl sites for hydroxylation is 1. The molecule has 0 aliphatic carbocycles. The summed E-state index contributed by atoms with van der Waals surface area (Å²) in [6.07, 6.45) is -2.72. The molecule has 0 spiro atoms. The van der Waals surface area contributed by atoms with E-state index in [1.54, 1.807) is 25.1 Å². The summed E-state index contributed by atoms with van der Waals surface area (Å²) in [7, 11) is 1.52. The van der Waals surface area contributed by atoms with Crippen molar-refractivity contribution in [3.05, 3.63) is 46.8 Å². The third-order valence-corrected chi connectivity index (χ3v) is 3.03. The van der Waals surface area contributed by atoms with E-state index < -0.39 is 18.0 Å². The van der Waals surface area contributed by atoms with E-state index in [1.165, 1.54) is 7.05 Å². The molecule has 0 unspecified atom stereocenters.